The van der Waals surface area contributed by atoms with Crippen molar-refractivity contribution in [1.82, 2.24) is 15.0 Å². The molecule has 0 fully saturated rings. The van der Waals surface area contributed by atoms with E-state index in [-0.39, 0.29) is 0 Å². The molecule has 2 heterocycles. The third-order valence-electron chi connectivity index (χ3n) is 3.41. The highest BCUT2D eigenvalue weighted by Crippen LogP contribution is 2.34. The summed E-state index contributed by atoms with van der Waals surface area (Å²) < 4.78 is 7.52. The van der Waals surface area contributed by atoms with Crippen LogP contribution in [0, 0.1) is 0 Å². The third-order valence-corrected chi connectivity index (χ3v) is 3.41. The number of aromatic nitrogens is 3. The van der Waals surface area contributed by atoms with Crippen molar-refractivity contribution in [2.24, 2.45) is 5.73 Å². The molecule has 5 nitrogen and oxygen atoms in total. The van der Waals surface area contributed by atoms with Crippen LogP contribution in [0.3, 0.4) is 0 Å². The summed E-state index contributed by atoms with van der Waals surface area (Å²) in [5.41, 5.74) is 7.61. The van der Waals surface area contributed by atoms with Crippen LogP contribution in [0.15, 0.2) is 30.5 Å². The van der Waals surface area contributed by atoms with Gasteiger partial charge in [0.05, 0.1) is 24.9 Å². The zero-order chi connectivity index (χ0) is 13.5. The highest BCUT2D eigenvalue weighted by molar-refractivity contribution is 5.39. The second kappa shape index (κ2) is 4.35. The molecule has 0 saturated heterocycles. The molecule has 0 bridgehead atoms. The van der Waals surface area contributed by atoms with E-state index in [1.54, 1.807) is 0 Å². The first-order valence-electron chi connectivity index (χ1n) is 6.45. The molecule has 0 saturated carbocycles. The Hall–Kier alpha value is -1.88. The van der Waals surface area contributed by atoms with Gasteiger partial charge in [-0.3, -0.25) is 4.68 Å². The van der Waals surface area contributed by atoms with E-state index in [2.05, 4.69) is 16.4 Å². The fraction of sp³-hybridized carbons (Fsp3) is 0.429. The molecular weight excluding hydrogens is 240 g/mol. The first-order chi connectivity index (χ1) is 9.04. The normalized spacial score (nSPS) is 18.2. The minimum Gasteiger partial charge on any atom is -0.493 e. The Morgan fingerprint density at radius 2 is 2.21 bits per heavy atom. The van der Waals surface area contributed by atoms with Gasteiger partial charge in [0.15, 0.2) is 0 Å². The second-order valence-corrected chi connectivity index (χ2v) is 5.59. The SMILES string of the molecule is CC(C)(N)c1cn(CC2COc3ccccc32)nn1. The number of nitrogens with zero attached hydrogens (tertiary/aromatic N) is 3. The molecule has 1 aromatic heterocycles. The Labute approximate surface area is 112 Å². The first-order valence-corrected chi connectivity index (χ1v) is 6.45. The molecule has 100 valence electrons. The number of nitrogens with two attached hydrogens (primary N) is 1. The molecule has 0 amide bonds. The van der Waals surface area contributed by atoms with E-state index in [1.807, 2.05) is 42.9 Å². The monoisotopic (exact) mass is 258 g/mol. The summed E-state index contributed by atoms with van der Waals surface area (Å²) in [6.07, 6.45) is 1.92. The lowest BCUT2D eigenvalue weighted by molar-refractivity contribution is 0.314. The number of fused-ring (bicyclic) bond motifs is 1. The lowest BCUT2D eigenvalue weighted by Gasteiger charge is -2.13. The molecule has 0 spiro atoms. The van der Waals surface area contributed by atoms with Gasteiger partial charge in [-0.15, -0.1) is 5.10 Å². The van der Waals surface area contributed by atoms with Gasteiger partial charge < -0.3 is 10.5 Å². The first kappa shape index (κ1) is 12.2. The summed E-state index contributed by atoms with van der Waals surface area (Å²) in [5.74, 6) is 1.30. The number of hydrogen-bond donors (Lipinski definition) is 1. The molecule has 0 radical (unpaired) electrons. The minimum absolute atomic E-state index is 0.326. The standard InChI is InChI=1S/C14H18N4O/c1-14(2,15)13-8-18(17-16-13)7-10-9-19-12-6-4-3-5-11(10)12/h3-6,8,10H,7,9,15H2,1-2H3. The van der Waals surface area contributed by atoms with Gasteiger partial charge in [-0.1, -0.05) is 23.4 Å². The van der Waals surface area contributed by atoms with E-state index in [9.17, 15) is 0 Å². The summed E-state index contributed by atoms with van der Waals surface area (Å²) in [6.45, 7) is 5.31. The van der Waals surface area contributed by atoms with Crippen molar-refractivity contribution in [2.75, 3.05) is 6.61 Å². The highest BCUT2D eigenvalue weighted by Gasteiger charge is 2.25. The predicted molar refractivity (Wildman–Crippen MR) is 71.9 cm³/mol. The summed E-state index contributed by atoms with van der Waals surface area (Å²) in [4.78, 5) is 0. The van der Waals surface area contributed by atoms with E-state index in [0.717, 1.165) is 18.0 Å². The van der Waals surface area contributed by atoms with Crippen LogP contribution < -0.4 is 10.5 Å². The summed E-state index contributed by atoms with van der Waals surface area (Å²) >= 11 is 0. The largest absolute Gasteiger partial charge is 0.493 e. The van der Waals surface area contributed by atoms with Crippen LogP contribution >= 0.6 is 0 Å². The molecule has 1 aliphatic rings. The Balaban J connectivity index is 1.78. The maximum atomic E-state index is 6.01. The van der Waals surface area contributed by atoms with Crippen LogP contribution in [-0.4, -0.2) is 21.6 Å². The maximum absolute atomic E-state index is 6.01. The van der Waals surface area contributed by atoms with Gasteiger partial charge in [0.2, 0.25) is 0 Å². The van der Waals surface area contributed by atoms with Crippen molar-refractivity contribution in [3.05, 3.63) is 41.7 Å². The topological polar surface area (TPSA) is 66.0 Å². The minimum atomic E-state index is -0.456. The lowest BCUT2D eigenvalue weighted by Crippen LogP contribution is -2.29. The van der Waals surface area contributed by atoms with Crippen molar-refractivity contribution in [3.8, 4) is 5.75 Å². The fourth-order valence-electron chi connectivity index (χ4n) is 2.29. The summed E-state index contributed by atoms with van der Waals surface area (Å²) in [5, 5.41) is 8.28. The quantitative estimate of drug-likeness (QED) is 0.909. The van der Waals surface area contributed by atoms with E-state index in [1.165, 1.54) is 5.56 Å². The molecule has 1 aromatic carbocycles. The summed E-state index contributed by atoms with van der Waals surface area (Å²) in [6, 6.07) is 8.14. The molecule has 0 aliphatic carbocycles. The van der Waals surface area contributed by atoms with Crippen molar-refractivity contribution in [3.63, 3.8) is 0 Å². The predicted octanol–water partition coefficient (Wildman–Crippen LogP) is 1.65. The molecule has 1 atom stereocenters. The van der Waals surface area contributed by atoms with Crippen LogP contribution in [0.2, 0.25) is 0 Å². The number of hydrogen-bond acceptors (Lipinski definition) is 4. The third kappa shape index (κ3) is 2.33. The Morgan fingerprint density at radius 1 is 1.42 bits per heavy atom. The molecule has 1 unspecified atom stereocenters. The average Bonchev–Trinajstić information content (AvgIpc) is 2.97. The smallest absolute Gasteiger partial charge is 0.122 e. The van der Waals surface area contributed by atoms with Crippen LogP contribution in [0.4, 0.5) is 0 Å². The van der Waals surface area contributed by atoms with Crippen LogP contribution in [0.25, 0.3) is 0 Å². The molecular formula is C14H18N4O. The number of rotatable bonds is 3. The zero-order valence-electron chi connectivity index (χ0n) is 11.2. The van der Waals surface area contributed by atoms with Crippen molar-refractivity contribution in [1.29, 1.82) is 0 Å². The summed E-state index contributed by atoms with van der Waals surface area (Å²) in [7, 11) is 0. The van der Waals surface area contributed by atoms with Gasteiger partial charge >= 0.3 is 0 Å². The molecule has 2 N–H and O–H groups in total. The maximum Gasteiger partial charge on any atom is 0.122 e. The van der Waals surface area contributed by atoms with Crippen molar-refractivity contribution < 1.29 is 4.74 Å². The zero-order valence-corrected chi connectivity index (χ0v) is 11.2. The van der Waals surface area contributed by atoms with E-state index >= 15 is 0 Å². The second-order valence-electron chi connectivity index (χ2n) is 5.59. The van der Waals surface area contributed by atoms with Crippen LogP contribution in [0.5, 0.6) is 5.75 Å². The molecule has 1 aliphatic heterocycles. The Morgan fingerprint density at radius 3 is 2.95 bits per heavy atom. The lowest BCUT2D eigenvalue weighted by atomic mass is 10.0. The van der Waals surface area contributed by atoms with Gasteiger partial charge in [-0.25, -0.2) is 0 Å². The van der Waals surface area contributed by atoms with Gasteiger partial charge in [0, 0.05) is 11.5 Å². The molecule has 2 aromatic rings. The number of para-hydroxylation sites is 1. The van der Waals surface area contributed by atoms with Crippen LogP contribution in [0.1, 0.15) is 31.0 Å². The Bertz CT molecular complexity index is 585. The van der Waals surface area contributed by atoms with Gasteiger partial charge in [0.25, 0.3) is 0 Å². The Kier molecular flexibility index (Phi) is 2.78. The van der Waals surface area contributed by atoms with E-state index in [4.69, 9.17) is 10.5 Å². The van der Waals surface area contributed by atoms with Crippen molar-refractivity contribution >= 4 is 0 Å². The molecule has 5 heteroatoms. The number of benzene rings is 1. The molecule has 19 heavy (non-hydrogen) atoms. The van der Waals surface area contributed by atoms with Gasteiger partial charge in [0.1, 0.15) is 11.4 Å². The molecule has 3 rings (SSSR count). The fourth-order valence-corrected chi connectivity index (χ4v) is 2.29. The van der Waals surface area contributed by atoms with Crippen LogP contribution in [-0.2, 0) is 12.1 Å². The van der Waals surface area contributed by atoms with E-state index < -0.39 is 5.54 Å². The van der Waals surface area contributed by atoms with Gasteiger partial charge in [-0.2, -0.15) is 0 Å². The highest BCUT2D eigenvalue weighted by atomic mass is 16.5. The van der Waals surface area contributed by atoms with E-state index in [0.29, 0.717) is 12.5 Å². The number of ether oxygens (including phenoxy) is 1. The average molecular weight is 258 g/mol. The van der Waals surface area contributed by atoms with Crippen molar-refractivity contribution in [2.45, 2.75) is 31.8 Å². The van der Waals surface area contributed by atoms with Gasteiger partial charge in [-0.05, 0) is 19.9 Å².